The van der Waals surface area contributed by atoms with Crippen LogP contribution in [-0.4, -0.2) is 18.5 Å². The molecule has 0 aliphatic carbocycles. The Balaban J connectivity index is 3.11. The Kier molecular flexibility index (Phi) is 8.09. The van der Waals surface area contributed by atoms with E-state index in [0.29, 0.717) is 0 Å². The van der Waals surface area contributed by atoms with E-state index < -0.39 is 0 Å². The molecule has 0 aromatic carbocycles. The van der Waals surface area contributed by atoms with Gasteiger partial charge in [0.1, 0.15) is 0 Å². The molecule has 1 atom stereocenters. The maximum absolute atomic E-state index is 5.79. The van der Waals surface area contributed by atoms with E-state index in [4.69, 9.17) is 23.2 Å². The largest absolute Gasteiger partial charge is 0.313 e. The highest BCUT2D eigenvalue weighted by molar-refractivity contribution is 6.25. The normalized spacial score (nSPS) is 14.8. The highest BCUT2D eigenvalue weighted by Gasteiger charge is 1.95. The average Bonchev–Trinajstić information content (AvgIpc) is 2.03. The van der Waals surface area contributed by atoms with Crippen LogP contribution in [0.2, 0.25) is 0 Å². The van der Waals surface area contributed by atoms with Crippen LogP contribution in [0.3, 0.4) is 0 Å². The molecule has 0 aromatic rings. The molecule has 12 heavy (non-hydrogen) atoms. The van der Waals surface area contributed by atoms with Gasteiger partial charge < -0.3 is 5.32 Å². The van der Waals surface area contributed by atoms with Gasteiger partial charge in [-0.15, -0.1) is 11.6 Å². The summed E-state index contributed by atoms with van der Waals surface area (Å²) in [5, 5.41) is 3.57. The predicted molar refractivity (Wildman–Crippen MR) is 57.0 cm³/mol. The lowest BCUT2D eigenvalue weighted by atomic mass is 10.2. The van der Waals surface area contributed by atoms with E-state index in [9.17, 15) is 0 Å². The Morgan fingerprint density at radius 3 is 2.75 bits per heavy atom. The molecule has 0 amide bonds. The molecule has 72 valence electrons. The maximum atomic E-state index is 5.79. The van der Waals surface area contributed by atoms with E-state index in [-0.39, 0.29) is 5.38 Å². The molecule has 0 spiro atoms. The molecule has 0 saturated heterocycles. The van der Waals surface area contributed by atoms with Crippen LogP contribution in [0.1, 0.15) is 26.7 Å². The van der Waals surface area contributed by atoms with Gasteiger partial charge in [-0.05, 0) is 38.8 Å². The average molecular weight is 210 g/mol. The minimum atomic E-state index is 0.288. The lowest BCUT2D eigenvalue weighted by molar-refractivity contribution is 0.643. The van der Waals surface area contributed by atoms with Gasteiger partial charge in [0, 0.05) is 17.5 Å². The quantitative estimate of drug-likeness (QED) is 0.524. The number of halogens is 2. The highest BCUT2D eigenvalue weighted by Crippen LogP contribution is 2.02. The van der Waals surface area contributed by atoms with Crippen LogP contribution in [0.5, 0.6) is 0 Å². The minimum absolute atomic E-state index is 0.288. The van der Waals surface area contributed by atoms with E-state index in [1.54, 1.807) is 5.54 Å². The summed E-state index contributed by atoms with van der Waals surface area (Å²) in [5.41, 5.74) is 2.77. The zero-order valence-corrected chi connectivity index (χ0v) is 9.25. The molecular formula is C9H17Cl2N. The van der Waals surface area contributed by atoms with Gasteiger partial charge in [-0.25, -0.2) is 0 Å². The van der Waals surface area contributed by atoms with Crippen LogP contribution in [0.4, 0.5) is 0 Å². The molecule has 0 radical (unpaired) electrons. The van der Waals surface area contributed by atoms with Gasteiger partial charge in [0.15, 0.2) is 0 Å². The topological polar surface area (TPSA) is 12.0 Å². The van der Waals surface area contributed by atoms with Crippen molar-refractivity contribution in [3.8, 4) is 0 Å². The first kappa shape index (κ1) is 12.3. The molecule has 0 saturated carbocycles. The fraction of sp³-hybridized carbons (Fsp3) is 0.778. The van der Waals surface area contributed by atoms with Gasteiger partial charge >= 0.3 is 0 Å². The summed E-state index contributed by atoms with van der Waals surface area (Å²) in [5.74, 6) is 0. The summed E-state index contributed by atoms with van der Waals surface area (Å²) in [6, 6.07) is 0. The lowest BCUT2D eigenvalue weighted by Gasteiger charge is -2.04. The van der Waals surface area contributed by atoms with Crippen molar-refractivity contribution in [2.75, 3.05) is 13.1 Å². The summed E-state index contributed by atoms with van der Waals surface area (Å²) >= 11 is 11.3. The number of alkyl halides is 1. The third kappa shape index (κ3) is 8.38. The number of hydrogen-bond donors (Lipinski definition) is 1. The van der Waals surface area contributed by atoms with Gasteiger partial charge in [-0.2, -0.15) is 0 Å². The van der Waals surface area contributed by atoms with Crippen LogP contribution in [0.15, 0.2) is 11.1 Å². The molecule has 0 rings (SSSR count). The Morgan fingerprint density at radius 2 is 2.25 bits per heavy atom. The van der Waals surface area contributed by atoms with Crippen molar-refractivity contribution in [2.45, 2.75) is 32.1 Å². The van der Waals surface area contributed by atoms with Crippen LogP contribution >= 0.6 is 23.2 Å². The monoisotopic (exact) mass is 209 g/mol. The molecule has 1 nitrogen and oxygen atoms in total. The Labute approximate surface area is 85.1 Å². The van der Waals surface area contributed by atoms with E-state index >= 15 is 0 Å². The zero-order valence-electron chi connectivity index (χ0n) is 7.74. The summed E-state index contributed by atoms with van der Waals surface area (Å²) in [6.45, 7) is 5.91. The second-order valence-corrected chi connectivity index (χ2v) is 4.02. The smallest absolute Gasteiger partial charge is 0.0308 e. The van der Waals surface area contributed by atoms with Crippen molar-refractivity contribution in [3.63, 3.8) is 0 Å². The number of hydrogen-bond acceptors (Lipinski definition) is 1. The molecule has 1 N–H and O–H groups in total. The molecule has 0 heterocycles. The first-order chi connectivity index (χ1) is 5.66. The highest BCUT2D eigenvalue weighted by atomic mass is 35.5. The minimum Gasteiger partial charge on any atom is -0.313 e. The van der Waals surface area contributed by atoms with Crippen molar-refractivity contribution in [3.05, 3.63) is 11.1 Å². The Morgan fingerprint density at radius 1 is 1.58 bits per heavy atom. The molecule has 0 bridgehead atoms. The fourth-order valence-corrected chi connectivity index (χ4v) is 1.06. The first-order valence-electron chi connectivity index (χ1n) is 4.27. The molecule has 0 aliphatic heterocycles. The second-order valence-electron chi connectivity index (χ2n) is 3.06. The van der Waals surface area contributed by atoms with E-state index in [1.807, 2.05) is 13.8 Å². The Hall–Kier alpha value is 0.280. The fourth-order valence-electron chi connectivity index (χ4n) is 0.832. The van der Waals surface area contributed by atoms with Crippen molar-refractivity contribution < 1.29 is 0 Å². The van der Waals surface area contributed by atoms with Crippen molar-refractivity contribution in [1.82, 2.24) is 5.32 Å². The van der Waals surface area contributed by atoms with Crippen LogP contribution < -0.4 is 5.32 Å². The molecule has 0 aliphatic rings. The molecule has 0 aromatic heterocycles. The molecule has 1 unspecified atom stereocenters. The van der Waals surface area contributed by atoms with Gasteiger partial charge in [-0.1, -0.05) is 11.6 Å². The van der Waals surface area contributed by atoms with Crippen molar-refractivity contribution in [2.24, 2.45) is 0 Å². The van der Waals surface area contributed by atoms with Gasteiger partial charge in [0.2, 0.25) is 0 Å². The van der Waals surface area contributed by atoms with Crippen LogP contribution in [0.25, 0.3) is 0 Å². The lowest BCUT2D eigenvalue weighted by Crippen LogP contribution is -2.17. The third-order valence-electron chi connectivity index (χ3n) is 1.55. The van der Waals surface area contributed by atoms with Gasteiger partial charge in [-0.3, -0.25) is 0 Å². The molecule has 3 heteroatoms. The van der Waals surface area contributed by atoms with Crippen LogP contribution in [0, 0.1) is 0 Å². The van der Waals surface area contributed by atoms with E-state index in [0.717, 1.165) is 31.5 Å². The summed E-state index contributed by atoms with van der Waals surface area (Å²) in [6.07, 6.45) is 2.19. The summed E-state index contributed by atoms with van der Waals surface area (Å²) < 4.78 is 0. The van der Waals surface area contributed by atoms with Gasteiger partial charge in [0.05, 0.1) is 0 Å². The SMILES string of the molecule is CC(=CCl)CNCCCC(C)Cl. The number of rotatable bonds is 6. The molecular weight excluding hydrogens is 193 g/mol. The number of nitrogens with one attached hydrogen (secondary N) is 1. The zero-order chi connectivity index (χ0) is 9.40. The maximum Gasteiger partial charge on any atom is 0.0308 e. The van der Waals surface area contributed by atoms with E-state index in [1.165, 1.54) is 0 Å². The third-order valence-corrected chi connectivity index (χ3v) is 2.14. The second kappa shape index (κ2) is 7.90. The van der Waals surface area contributed by atoms with Crippen molar-refractivity contribution in [1.29, 1.82) is 0 Å². The van der Waals surface area contributed by atoms with Gasteiger partial charge in [0.25, 0.3) is 0 Å². The first-order valence-corrected chi connectivity index (χ1v) is 5.14. The Bertz CT molecular complexity index is 132. The van der Waals surface area contributed by atoms with Crippen LogP contribution in [-0.2, 0) is 0 Å². The van der Waals surface area contributed by atoms with E-state index in [2.05, 4.69) is 5.32 Å². The predicted octanol–water partition coefficient (Wildman–Crippen LogP) is 3.13. The van der Waals surface area contributed by atoms with Crippen molar-refractivity contribution >= 4 is 23.2 Å². The summed E-state index contributed by atoms with van der Waals surface area (Å²) in [7, 11) is 0. The summed E-state index contributed by atoms with van der Waals surface area (Å²) in [4.78, 5) is 0. The standard InChI is InChI=1S/C9H17Cl2N/c1-8(6-10)7-12-5-3-4-9(2)11/h6,9,12H,3-5,7H2,1-2H3. The molecule has 0 fully saturated rings.